The van der Waals surface area contributed by atoms with Gasteiger partial charge in [-0.3, -0.25) is 4.31 Å². The molecule has 1 aromatic heterocycles. The number of hydrogen-bond acceptors (Lipinski definition) is 4. The van der Waals surface area contributed by atoms with Crippen LogP contribution in [0.4, 0.5) is 5.69 Å². The molecule has 2 heterocycles. The van der Waals surface area contributed by atoms with E-state index in [9.17, 15) is 8.42 Å². The number of halogens is 2. The van der Waals surface area contributed by atoms with Crippen LogP contribution in [0.1, 0.15) is 12.5 Å². The fourth-order valence-corrected chi connectivity index (χ4v) is 6.15. The van der Waals surface area contributed by atoms with E-state index in [1.165, 1.54) is 10.4 Å². The van der Waals surface area contributed by atoms with Crippen LogP contribution in [0.5, 0.6) is 0 Å². The number of para-hydroxylation sites is 1. The van der Waals surface area contributed by atoms with E-state index < -0.39 is 10.0 Å². The van der Waals surface area contributed by atoms with Gasteiger partial charge in [-0.25, -0.2) is 8.42 Å². The number of nitrogens with zero attached hydrogens (tertiary/aromatic N) is 1. The summed E-state index contributed by atoms with van der Waals surface area (Å²) in [6.07, 6.45) is 0. The van der Waals surface area contributed by atoms with Crippen LogP contribution in [0.25, 0.3) is 0 Å². The molecule has 0 bridgehead atoms. The smallest absolute Gasteiger partial charge is 0.266 e. The largest absolute Gasteiger partial charge is 0.308 e. The fraction of sp³-hybridized carbons (Fsp3) is 0.286. The van der Waals surface area contributed by atoms with E-state index in [4.69, 9.17) is 23.2 Å². The summed E-state index contributed by atoms with van der Waals surface area (Å²) < 4.78 is 28.0. The normalized spacial score (nSPS) is 18.9. The fourth-order valence-electron chi connectivity index (χ4n) is 2.45. The number of sulfonamides is 1. The summed E-state index contributed by atoms with van der Waals surface area (Å²) in [6.45, 7) is 2.92. The lowest BCUT2D eigenvalue weighted by Crippen LogP contribution is -2.39. The lowest BCUT2D eigenvalue weighted by atomic mass is 10.2. The second-order valence-electron chi connectivity index (χ2n) is 5.14. The Morgan fingerprint density at radius 2 is 2.05 bits per heavy atom. The van der Waals surface area contributed by atoms with E-state index in [0.29, 0.717) is 23.1 Å². The van der Waals surface area contributed by atoms with E-state index >= 15 is 0 Å². The van der Waals surface area contributed by atoms with Crippen molar-refractivity contribution in [2.75, 3.05) is 10.8 Å². The molecule has 1 unspecified atom stereocenters. The molecule has 0 spiro atoms. The molecule has 0 amide bonds. The first-order valence-corrected chi connectivity index (χ1v) is 9.69. The van der Waals surface area contributed by atoms with E-state index in [-0.39, 0.29) is 15.3 Å². The molecule has 1 aliphatic heterocycles. The third kappa shape index (κ3) is 2.86. The Hall–Kier alpha value is -0.790. The van der Waals surface area contributed by atoms with Crippen LogP contribution < -0.4 is 9.62 Å². The number of hydrogen-bond donors (Lipinski definition) is 1. The van der Waals surface area contributed by atoms with Crippen molar-refractivity contribution in [2.45, 2.75) is 24.4 Å². The molecule has 2 aromatic rings. The summed E-state index contributed by atoms with van der Waals surface area (Å²) in [4.78, 5) is 0.0630. The van der Waals surface area contributed by atoms with Crippen LogP contribution in [0.2, 0.25) is 8.67 Å². The maximum absolute atomic E-state index is 13.0. The predicted molar refractivity (Wildman–Crippen MR) is 91.6 cm³/mol. The summed E-state index contributed by atoms with van der Waals surface area (Å²) in [5.74, 6) is 0. The Morgan fingerprint density at radius 3 is 2.73 bits per heavy atom. The van der Waals surface area contributed by atoms with Gasteiger partial charge in [0.15, 0.2) is 0 Å². The van der Waals surface area contributed by atoms with Crippen molar-refractivity contribution in [1.29, 1.82) is 0 Å². The van der Waals surface area contributed by atoms with Gasteiger partial charge < -0.3 is 5.32 Å². The lowest BCUT2D eigenvalue weighted by Gasteiger charge is -2.25. The first kappa shape index (κ1) is 16.1. The first-order valence-electron chi connectivity index (χ1n) is 6.68. The highest BCUT2D eigenvalue weighted by Crippen LogP contribution is 2.38. The number of rotatable bonds is 2. The summed E-state index contributed by atoms with van der Waals surface area (Å²) in [5.41, 5.74) is 1.62. The third-order valence-corrected chi connectivity index (χ3v) is 7.07. The van der Waals surface area contributed by atoms with Gasteiger partial charge in [0, 0.05) is 19.1 Å². The van der Waals surface area contributed by atoms with E-state index in [1.807, 2.05) is 31.2 Å². The third-order valence-electron chi connectivity index (χ3n) is 3.53. The summed E-state index contributed by atoms with van der Waals surface area (Å²) in [5, 5.41) is 3.31. The van der Waals surface area contributed by atoms with Gasteiger partial charge in [0.1, 0.15) is 9.23 Å². The molecule has 0 saturated heterocycles. The zero-order chi connectivity index (χ0) is 15.9. The average Bonchev–Trinajstić information content (AvgIpc) is 2.72. The molecule has 8 heteroatoms. The monoisotopic (exact) mass is 376 g/mol. The molecule has 4 nitrogen and oxygen atoms in total. The highest BCUT2D eigenvalue weighted by molar-refractivity contribution is 7.93. The molecule has 3 rings (SSSR count). The molecule has 118 valence electrons. The Kier molecular flexibility index (Phi) is 4.40. The van der Waals surface area contributed by atoms with Gasteiger partial charge in [-0.1, -0.05) is 41.4 Å². The van der Waals surface area contributed by atoms with E-state index in [0.717, 1.165) is 16.9 Å². The molecule has 1 N–H and O–H groups in total. The van der Waals surface area contributed by atoms with E-state index in [2.05, 4.69) is 5.32 Å². The van der Waals surface area contributed by atoms with Crippen molar-refractivity contribution in [3.05, 3.63) is 44.6 Å². The molecular weight excluding hydrogens is 363 g/mol. The number of benzene rings is 1. The maximum Gasteiger partial charge on any atom is 0.266 e. The molecule has 0 fully saturated rings. The molecule has 0 saturated carbocycles. The van der Waals surface area contributed by atoms with Crippen molar-refractivity contribution in [3.8, 4) is 0 Å². The topological polar surface area (TPSA) is 49.4 Å². The van der Waals surface area contributed by atoms with Crippen molar-refractivity contribution in [1.82, 2.24) is 5.32 Å². The van der Waals surface area contributed by atoms with Gasteiger partial charge in [-0.05, 0) is 24.6 Å². The van der Waals surface area contributed by atoms with Gasteiger partial charge in [-0.2, -0.15) is 0 Å². The molecule has 1 atom stereocenters. The van der Waals surface area contributed by atoms with Gasteiger partial charge in [-0.15, -0.1) is 11.3 Å². The number of nitrogens with one attached hydrogen (secondary N) is 1. The highest BCUT2D eigenvalue weighted by atomic mass is 35.5. The highest BCUT2D eigenvalue weighted by Gasteiger charge is 2.32. The summed E-state index contributed by atoms with van der Waals surface area (Å²) in [7, 11) is -3.75. The molecule has 0 aliphatic carbocycles. The van der Waals surface area contributed by atoms with Crippen LogP contribution in [-0.4, -0.2) is 21.0 Å². The molecule has 22 heavy (non-hydrogen) atoms. The SMILES string of the molecule is CC1CN(S(=O)(=O)c2cc(Cl)sc2Cl)c2ccccc2CN1. The van der Waals surface area contributed by atoms with Crippen LogP contribution in [0, 0.1) is 0 Å². The predicted octanol–water partition coefficient (Wildman–Crippen LogP) is 3.74. The van der Waals surface area contributed by atoms with E-state index in [1.54, 1.807) is 0 Å². The Bertz CT molecular complexity index is 805. The van der Waals surface area contributed by atoms with Crippen LogP contribution in [-0.2, 0) is 16.6 Å². The molecule has 1 aromatic carbocycles. The van der Waals surface area contributed by atoms with Crippen LogP contribution in [0.3, 0.4) is 0 Å². The molecule has 1 aliphatic rings. The van der Waals surface area contributed by atoms with Crippen molar-refractivity contribution in [3.63, 3.8) is 0 Å². The van der Waals surface area contributed by atoms with Gasteiger partial charge in [0.25, 0.3) is 10.0 Å². The Morgan fingerprint density at radius 1 is 1.32 bits per heavy atom. The first-order chi connectivity index (χ1) is 10.4. The number of thiophene rings is 1. The maximum atomic E-state index is 13.0. The van der Waals surface area contributed by atoms with Crippen LogP contribution >= 0.6 is 34.5 Å². The second-order valence-corrected chi connectivity index (χ2v) is 9.25. The van der Waals surface area contributed by atoms with Gasteiger partial charge >= 0.3 is 0 Å². The van der Waals surface area contributed by atoms with Crippen LogP contribution in [0.15, 0.2) is 35.2 Å². The van der Waals surface area contributed by atoms with Crippen molar-refractivity contribution < 1.29 is 8.42 Å². The lowest BCUT2D eigenvalue weighted by molar-refractivity contribution is 0.556. The Labute approximate surface area is 143 Å². The second kappa shape index (κ2) is 6.02. The number of fused-ring (bicyclic) bond motifs is 1. The van der Waals surface area contributed by atoms with Gasteiger partial charge in [0.05, 0.1) is 10.0 Å². The minimum absolute atomic E-state index is 0.0232. The minimum Gasteiger partial charge on any atom is -0.308 e. The quantitative estimate of drug-likeness (QED) is 0.868. The zero-order valence-electron chi connectivity index (χ0n) is 11.7. The number of anilines is 1. The zero-order valence-corrected chi connectivity index (χ0v) is 14.9. The molecular formula is C14H14Cl2N2O2S2. The minimum atomic E-state index is -3.75. The van der Waals surface area contributed by atoms with Crippen molar-refractivity contribution in [2.24, 2.45) is 0 Å². The van der Waals surface area contributed by atoms with Crippen molar-refractivity contribution >= 4 is 50.2 Å². The average molecular weight is 377 g/mol. The summed E-state index contributed by atoms with van der Waals surface area (Å²) in [6, 6.07) is 8.90. The van der Waals surface area contributed by atoms with Gasteiger partial charge in [0.2, 0.25) is 0 Å². The standard InChI is InChI=1S/C14H14Cl2N2O2S2/c1-9-8-18(11-5-3-2-4-10(11)7-17-9)22(19,20)12-6-13(15)21-14(12)16/h2-6,9,17H,7-8H2,1H3. The Balaban J connectivity index is 2.15. The summed E-state index contributed by atoms with van der Waals surface area (Å²) >= 11 is 13.0. The molecule has 0 radical (unpaired) electrons.